The van der Waals surface area contributed by atoms with E-state index < -0.39 is 0 Å². The lowest BCUT2D eigenvalue weighted by atomic mass is 10.1. The molecule has 0 radical (unpaired) electrons. The minimum absolute atomic E-state index is 0.0990. The van der Waals surface area contributed by atoms with Crippen molar-refractivity contribution in [3.05, 3.63) is 42.6 Å². The number of nitrogens with one attached hydrogen (secondary N) is 2. The first-order valence-corrected chi connectivity index (χ1v) is 7.38. The van der Waals surface area contributed by atoms with Gasteiger partial charge in [-0.05, 0) is 25.0 Å². The van der Waals surface area contributed by atoms with Crippen molar-refractivity contribution < 1.29 is 9.21 Å². The van der Waals surface area contributed by atoms with Gasteiger partial charge in [0.05, 0.1) is 12.5 Å². The smallest absolute Gasteiger partial charge is 0.315 e. The topological polar surface area (TPSA) is 83.3 Å². The zero-order valence-electron chi connectivity index (χ0n) is 12.2. The fourth-order valence-corrected chi connectivity index (χ4v) is 2.54. The lowest BCUT2D eigenvalue weighted by molar-refractivity contribution is 0.234. The molecule has 22 heavy (non-hydrogen) atoms. The third kappa shape index (κ3) is 3.75. The quantitative estimate of drug-likeness (QED) is 0.895. The van der Waals surface area contributed by atoms with Crippen LogP contribution in [-0.2, 0) is 6.54 Å². The van der Waals surface area contributed by atoms with Gasteiger partial charge >= 0.3 is 6.03 Å². The first-order valence-electron chi connectivity index (χ1n) is 7.38. The molecule has 1 aliphatic heterocycles. The van der Waals surface area contributed by atoms with E-state index in [9.17, 15) is 4.79 Å². The van der Waals surface area contributed by atoms with Crippen molar-refractivity contribution in [2.75, 3.05) is 18.0 Å². The van der Waals surface area contributed by atoms with Crippen LogP contribution in [0.4, 0.5) is 10.7 Å². The number of carbonyl (C=O) groups excluding carboxylic acids is 1. The van der Waals surface area contributed by atoms with Crippen molar-refractivity contribution >= 4 is 12.0 Å². The molecule has 0 spiro atoms. The minimum Gasteiger partial charge on any atom is -0.472 e. The molecule has 2 aromatic rings. The van der Waals surface area contributed by atoms with Crippen LogP contribution in [0.5, 0.6) is 0 Å². The van der Waals surface area contributed by atoms with Crippen LogP contribution in [-0.4, -0.2) is 35.1 Å². The van der Waals surface area contributed by atoms with Gasteiger partial charge in [-0.3, -0.25) is 0 Å². The van der Waals surface area contributed by atoms with E-state index in [1.807, 2.05) is 6.07 Å². The van der Waals surface area contributed by atoms with E-state index in [1.165, 1.54) is 0 Å². The van der Waals surface area contributed by atoms with Crippen molar-refractivity contribution in [2.24, 2.45) is 0 Å². The van der Waals surface area contributed by atoms with Gasteiger partial charge in [-0.15, -0.1) is 0 Å². The van der Waals surface area contributed by atoms with E-state index in [-0.39, 0.29) is 12.1 Å². The summed E-state index contributed by atoms with van der Waals surface area (Å²) < 4.78 is 4.97. The molecule has 0 saturated carbocycles. The van der Waals surface area contributed by atoms with Crippen LogP contribution in [0.2, 0.25) is 0 Å². The second kappa shape index (κ2) is 6.93. The molecule has 2 amide bonds. The van der Waals surface area contributed by atoms with Gasteiger partial charge in [0, 0.05) is 43.6 Å². The number of furan rings is 1. The summed E-state index contributed by atoms with van der Waals surface area (Å²) in [6.07, 6.45) is 8.64. The van der Waals surface area contributed by atoms with Crippen molar-refractivity contribution in [2.45, 2.75) is 25.4 Å². The monoisotopic (exact) mass is 301 g/mol. The number of anilines is 1. The van der Waals surface area contributed by atoms with Crippen LogP contribution in [0.1, 0.15) is 18.4 Å². The Balaban J connectivity index is 1.48. The second-order valence-corrected chi connectivity index (χ2v) is 5.29. The Bertz CT molecular complexity index is 587. The highest BCUT2D eigenvalue weighted by Crippen LogP contribution is 2.15. The Morgan fingerprint density at radius 3 is 3.05 bits per heavy atom. The van der Waals surface area contributed by atoms with E-state index in [4.69, 9.17) is 4.42 Å². The molecule has 1 fully saturated rings. The summed E-state index contributed by atoms with van der Waals surface area (Å²) in [7, 11) is 0. The number of amides is 2. The molecule has 0 bridgehead atoms. The maximum atomic E-state index is 11.9. The number of urea groups is 1. The zero-order chi connectivity index (χ0) is 15.2. The number of aromatic nitrogens is 2. The van der Waals surface area contributed by atoms with Crippen LogP contribution in [0.15, 0.2) is 41.5 Å². The molecule has 2 N–H and O–H groups in total. The number of hydrogen-bond donors (Lipinski definition) is 2. The van der Waals surface area contributed by atoms with E-state index in [0.717, 1.165) is 31.5 Å². The molecule has 2 aromatic heterocycles. The summed E-state index contributed by atoms with van der Waals surface area (Å²) in [5.74, 6) is 0.716. The van der Waals surface area contributed by atoms with Gasteiger partial charge in [-0.25, -0.2) is 14.8 Å². The van der Waals surface area contributed by atoms with E-state index in [0.29, 0.717) is 12.5 Å². The van der Waals surface area contributed by atoms with Crippen molar-refractivity contribution in [1.82, 2.24) is 20.6 Å². The fourth-order valence-electron chi connectivity index (χ4n) is 2.54. The molecule has 116 valence electrons. The molecule has 3 heterocycles. The van der Waals surface area contributed by atoms with Crippen molar-refractivity contribution in [3.63, 3.8) is 0 Å². The molecule has 7 nitrogen and oxygen atoms in total. The van der Waals surface area contributed by atoms with Gasteiger partial charge in [0.25, 0.3) is 0 Å². The minimum atomic E-state index is -0.165. The summed E-state index contributed by atoms with van der Waals surface area (Å²) in [6, 6.07) is 3.56. The number of rotatable bonds is 4. The number of carbonyl (C=O) groups is 1. The maximum Gasteiger partial charge on any atom is 0.315 e. The molecule has 0 aliphatic carbocycles. The highest BCUT2D eigenvalue weighted by atomic mass is 16.3. The summed E-state index contributed by atoms with van der Waals surface area (Å²) in [5, 5.41) is 5.83. The van der Waals surface area contributed by atoms with Crippen molar-refractivity contribution in [1.29, 1.82) is 0 Å². The van der Waals surface area contributed by atoms with E-state index >= 15 is 0 Å². The van der Waals surface area contributed by atoms with Crippen LogP contribution < -0.4 is 15.5 Å². The van der Waals surface area contributed by atoms with Gasteiger partial charge in [0.15, 0.2) is 0 Å². The molecule has 1 aliphatic rings. The van der Waals surface area contributed by atoms with Crippen LogP contribution in [0.25, 0.3) is 0 Å². The molecular formula is C15H19N5O2. The van der Waals surface area contributed by atoms with Gasteiger partial charge in [0.2, 0.25) is 5.95 Å². The molecular weight excluding hydrogens is 282 g/mol. The Hall–Kier alpha value is -2.57. The maximum absolute atomic E-state index is 11.9. The number of piperidine rings is 1. The van der Waals surface area contributed by atoms with Crippen LogP contribution in [0, 0.1) is 0 Å². The van der Waals surface area contributed by atoms with Gasteiger partial charge in [-0.1, -0.05) is 0 Å². The average molecular weight is 301 g/mol. The summed E-state index contributed by atoms with van der Waals surface area (Å²) >= 11 is 0. The van der Waals surface area contributed by atoms with Gasteiger partial charge < -0.3 is 20.0 Å². The third-order valence-corrected chi connectivity index (χ3v) is 3.62. The third-order valence-electron chi connectivity index (χ3n) is 3.62. The molecule has 0 aromatic carbocycles. The zero-order valence-corrected chi connectivity index (χ0v) is 12.2. The highest BCUT2D eigenvalue weighted by Gasteiger charge is 2.22. The van der Waals surface area contributed by atoms with E-state index in [2.05, 4.69) is 25.5 Å². The highest BCUT2D eigenvalue weighted by molar-refractivity contribution is 5.74. The van der Waals surface area contributed by atoms with Crippen molar-refractivity contribution in [3.8, 4) is 0 Å². The Labute approximate surface area is 128 Å². The normalized spacial score (nSPS) is 18.0. The van der Waals surface area contributed by atoms with Crippen LogP contribution >= 0.6 is 0 Å². The summed E-state index contributed by atoms with van der Waals surface area (Å²) in [4.78, 5) is 22.6. The van der Waals surface area contributed by atoms with Crippen LogP contribution in [0.3, 0.4) is 0 Å². The lowest BCUT2D eigenvalue weighted by Crippen LogP contribution is -2.50. The summed E-state index contributed by atoms with van der Waals surface area (Å²) in [6.45, 7) is 2.10. The molecule has 3 rings (SSSR count). The predicted octanol–water partition coefficient (Wildman–Crippen LogP) is 1.54. The number of nitrogens with zero attached hydrogens (tertiary/aromatic N) is 3. The van der Waals surface area contributed by atoms with Gasteiger partial charge in [0.1, 0.15) is 0 Å². The molecule has 0 unspecified atom stereocenters. The lowest BCUT2D eigenvalue weighted by Gasteiger charge is -2.33. The molecule has 1 saturated heterocycles. The Kier molecular flexibility index (Phi) is 4.53. The molecule has 1 atom stereocenters. The first-order chi connectivity index (χ1) is 10.8. The number of hydrogen-bond acceptors (Lipinski definition) is 5. The molecule has 7 heteroatoms. The first kappa shape index (κ1) is 14.4. The Morgan fingerprint density at radius 2 is 2.27 bits per heavy atom. The second-order valence-electron chi connectivity index (χ2n) is 5.29. The van der Waals surface area contributed by atoms with E-state index in [1.54, 1.807) is 31.0 Å². The SMILES string of the molecule is O=C(NCc1ccoc1)N[C@@H]1CCCN(c2ncccn2)C1. The fraction of sp³-hybridized carbons (Fsp3) is 0.400. The largest absolute Gasteiger partial charge is 0.472 e. The average Bonchev–Trinajstić information content (AvgIpc) is 3.08. The summed E-state index contributed by atoms with van der Waals surface area (Å²) in [5.41, 5.74) is 0.943. The Morgan fingerprint density at radius 1 is 1.41 bits per heavy atom. The standard InChI is InChI=1S/C15H19N5O2/c21-15(18-9-12-4-8-22-11-12)19-13-3-1-7-20(10-13)14-16-5-2-6-17-14/h2,4-6,8,11,13H,1,3,7,9-10H2,(H2,18,19,21)/t13-/m1/s1. The predicted molar refractivity (Wildman–Crippen MR) is 81.3 cm³/mol. The van der Waals surface area contributed by atoms with Gasteiger partial charge in [-0.2, -0.15) is 0 Å².